The van der Waals surface area contributed by atoms with Crippen molar-refractivity contribution >= 4 is 15.9 Å². The molecule has 32 heavy (non-hydrogen) atoms. The SMILES string of the molecule is Cc1nn(-c2ccccc2)c(C)c1S(=O)(=O)NC(=O)c1ncn2c1COc1ccccc1-2. The first-order valence-corrected chi connectivity index (χ1v) is 11.3. The van der Waals surface area contributed by atoms with Crippen LogP contribution in [0.15, 0.2) is 65.8 Å². The number of nitrogens with zero attached hydrogens (tertiary/aromatic N) is 4. The Hall–Kier alpha value is -3.92. The van der Waals surface area contributed by atoms with Gasteiger partial charge >= 0.3 is 0 Å². The number of rotatable bonds is 4. The monoisotopic (exact) mass is 449 g/mol. The zero-order valence-electron chi connectivity index (χ0n) is 17.3. The van der Waals surface area contributed by atoms with Crippen molar-refractivity contribution < 1.29 is 17.9 Å². The number of aromatic nitrogens is 4. The molecule has 2 aromatic heterocycles. The number of carbonyl (C=O) groups excluding carboxylic acids is 1. The van der Waals surface area contributed by atoms with Gasteiger partial charge in [0, 0.05) is 0 Å². The molecule has 0 fully saturated rings. The molecule has 0 bridgehead atoms. The molecule has 2 aromatic carbocycles. The van der Waals surface area contributed by atoms with Crippen molar-refractivity contribution in [2.45, 2.75) is 25.3 Å². The quantitative estimate of drug-likeness (QED) is 0.513. The molecule has 0 saturated carbocycles. The number of sulfonamides is 1. The number of hydrogen-bond donors (Lipinski definition) is 1. The maximum atomic E-state index is 13.1. The number of ether oxygens (including phenoxy) is 1. The highest BCUT2D eigenvalue weighted by Crippen LogP contribution is 2.30. The first kappa shape index (κ1) is 20.0. The van der Waals surface area contributed by atoms with Gasteiger partial charge in [0.2, 0.25) is 0 Å². The zero-order valence-corrected chi connectivity index (χ0v) is 18.1. The highest BCUT2D eigenvalue weighted by Gasteiger charge is 2.31. The van der Waals surface area contributed by atoms with Gasteiger partial charge in [0.05, 0.1) is 28.5 Å². The molecule has 1 amide bonds. The number of carbonyl (C=O) groups is 1. The molecule has 0 aliphatic carbocycles. The third kappa shape index (κ3) is 3.16. The van der Waals surface area contributed by atoms with E-state index in [0.29, 0.717) is 17.1 Å². The lowest BCUT2D eigenvalue weighted by Crippen LogP contribution is -2.32. The first-order valence-electron chi connectivity index (χ1n) is 9.84. The maximum Gasteiger partial charge on any atom is 0.285 e. The van der Waals surface area contributed by atoms with Gasteiger partial charge in [0.1, 0.15) is 23.6 Å². The van der Waals surface area contributed by atoms with Crippen LogP contribution in [0.25, 0.3) is 11.4 Å². The van der Waals surface area contributed by atoms with E-state index in [1.165, 1.54) is 11.0 Å². The van der Waals surface area contributed by atoms with E-state index < -0.39 is 15.9 Å². The Kier molecular flexibility index (Phi) is 4.59. The molecule has 5 rings (SSSR count). The van der Waals surface area contributed by atoms with Gasteiger partial charge in [0.25, 0.3) is 15.9 Å². The summed E-state index contributed by atoms with van der Waals surface area (Å²) in [5, 5.41) is 4.36. The number of fused-ring (bicyclic) bond motifs is 3. The van der Waals surface area contributed by atoms with Gasteiger partial charge in [-0.25, -0.2) is 22.8 Å². The average Bonchev–Trinajstić information content (AvgIpc) is 3.35. The zero-order chi connectivity index (χ0) is 22.5. The molecule has 9 nitrogen and oxygen atoms in total. The normalized spacial score (nSPS) is 12.6. The van der Waals surface area contributed by atoms with Crippen molar-refractivity contribution in [3.05, 3.63) is 83.7 Å². The van der Waals surface area contributed by atoms with Crippen LogP contribution in [-0.4, -0.2) is 33.7 Å². The van der Waals surface area contributed by atoms with Gasteiger partial charge in [-0.1, -0.05) is 30.3 Å². The van der Waals surface area contributed by atoms with Crippen molar-refractivity contribution in [1.29, 1.82) is 0 Å². The molecular formula is C22H19N5O4S. The summed E-state index contributed by atoms with van der Waals surface area (Å²) in [5.74, 6) is -0.162. The Balaban J connectivity index is 1.48. The number of benzene rings is 2. The summed E-state index contributed by atoms with van der Waals surface area (Å²) in [6, 6.07) is 16.5. The fourth-order valence-corrected chi connectivity index (χ4v) is 5.24. The van der Waals surface area contributed by atoms with Crippen LogP contribution in [0.5, 0.6) is 5.75 Å². The minimum atomic E-state index is -4.19. The van der Waals surface area contributed by atoms with Crippen molar-refractivity contribution in [1.82, 2.24) is 24.1 Å². The fourth-order valence-electron chi connectivity index (χ4n) is 3.89. The summed E-state index contributed by atoms with van der Waals surface area (Å²) in [4.78, 5) is 17.0. The smallest absolute Gasteiger partial charge is 0.285 e. The minimum Gasteiger partial charge on any atom is -0.485 e. The molecule has 162 valence electrons. The van der Waals surface area contributed by atoms with Crippen molar-refractivity contribution in [2.24, 2.45) is 0 Å². The summed E-state index contributed by atoms with van der Waals surface area (Å²) >= 11 is 0. The molecule has 4 aromatic rings. The second kappa shape index (κ2) is 7.34. The molecule has 1 N–H and O–H groups in total. The van der Waals surface area contributed by atoms with E-state index in [4.69, 9.17) is 4.74 Å². The molecule has 0 radical (unpaired) electrons. The van der Waals surface area contributed by atoms with Gasteiger partial charge in [0.15, 0.2) is 5.69 Å². The summed E-state index contributed by atoms with van der Waals surface area (Å²) in [7, 11) is -4.19. The predicted molar refractivity (Wildman–Crippen MR) is 116 cm³/mol. The Labute approximate surface area is 184 Å². The van der Waals surface area contributed by atoms with Crippen LogP contribution in [0, 0.1) is 13.8 Å². The molecule has 3 heterocycles. The standard InChI is InChI=1S/C22H19N5O4S/c1-14-21(15(2)27(24-14)16-8-4-3-5-9-16)32(29,30)25-22(28)20-18-12-31-19-11-7-6-10-17(19)26(18)13-23-20/h3-11,13H,12H2,1-2H3,(H,25,28). The lowest BCUT2D eigenvalue weighted by Gasteiger charge is -2.20. The van der Waals surface area contributed by atoms with Crippen LogP contribution in [0.4, 0.5) is 0 Å². The molecule has 1 aliphatic heterocycles. The third-order valence-corrected chi connectivity index (χ3v) is 6.87. The van der Waals surface area contributed by atoms with Crippen LogP contribution >= 0.6 is 0 Å². The second-order valence-corrected chi connectivity index (χ2v) is 8.97. The Morgan fingerprint density at radius 1 is 1.06 bits per heavy atom. The van der Waals surface area contributed by atoms with Crippen molar-refractivity contribution in [3.63, 3.8) is 0 Å². The molecular weight excluding hydrogens is 430 g/mol. The highest BCUT2D eigenvalue weighted by molar-refractivity contribution is 7.90. The summed E-state index contributed by atoms with van der Waals surface area (Å²) in [5.41, 5.74) is 2.62. The van der Waals surface area contributed by atoms with Gasteiger partial charge in [-0.3, -0.25) is 9.36 Å². The highest BCUT2D eigenvalue weighted by atomic mass is 32.2. The third-order valence-electron chi connectivity index (χ3n) is 5.29. The van der Waals surface area contributed by atoms with Crippen molar-refractivity contribution in [2.75, 3.05) is 0 Å². The van der Waals surface area contributed by atoms with Crippen molar-refractivity contribution in [3.8, 4) is 17.1 Å². The van der Waals surface area contributed by atoms with E-state index in [-0.39, 0.29) is 22.9 Å². The van der Waals surface area contributed by atoms with E-state index in [1.54, 1.807) is 18.4 Å². The van der Waals surface area contributed by atoms with Crippen LogP contribution < -0.4 is 9.46 Å². The number of aryl methyl sites for hydroxylation is 1. The Morgan fingerprint density at radius 2 is 1.78 bits per heavy atom. The maximum absolute atomic E-state index is 13.1. The van der Waals surface area contributed by atoms with Gasteiger partial charge < -0.3 is 4.74 Å². The van der Waals surface area contributed by atoms with Crippen LogP contribution in [-0.2, 0) is 16.6 Å². The lowest BCUT2D eigenvalue weighted by molar-refractivity contribution is 0.0974. The lowest BCUT2D eigenvalue weighted by atomic mass is 10.2. The van der Waals surface area contributed by atoms with Gasteiger partial charge in [-0.2, -0.15) is 5.10 Å². The molecule has 0 saturated heterocycles. The average molecular weight is 449 g/mol. The number of hydrogen-bond acceptors (Lipinski definition) is 6. The van der Waals surface area contributed by atoms with Crippen LogP contribution in [0.1, 0.15) is 27.6 Å². The fraction of sp³-hybridized carbons (Fsp3) is 0.136. The van der Waals surface area contributed by atoms with Crippen LogP contribution in [0.3, 0.4) is 0 Å². The number of para-hydroxylation sites is 3. The Morgan fingerprint density at radius 3 is 2.56 bits per heavy atom. The molecule has 1 aliphatic rings. The first-order chi connectivity index (χ1) is 15.4. The Bertz CT molecular complexity index is 1450. The van der Waals surface area contributed by atoms with E-state index in [2.05, 4.69) is 14.8 Å². The number of imidazole rings is 1. The second-order valence-electron chi connectivity index (χ2n) is 7.35. The van der Waals surface area contributed by atoms with Crippen LogP contribution in [0.2, 0.25) is 0 Å². The van der Waals surface area contributed by atoms with E-state index in [9.17, 15) is 13.2 Å². The topological polar surface area (TPSA) is 108 Å². The molecule has 0 spiro atoms. The summed E-state index contributed by atoms with van der Waals surface area (Å²) in [6.07, 6.45) is 1.49. The largest absolute Gasteiger partial charge is 0.485 e. The number of amides is 1. The molecule has 10 heteroatoms. The summed E-state index contributed by atoms with van der Waals surface area (Å²) < 4.78 is 37.4. The van der Waals surface area contributed by atoms with Gasteiger partial charge in [-0.05, 0) is 38.1 Å². The number of nitrogens with one attached hydrogen (secondary N) is 1. The minimum absolute atomic E-state index is 0.00571. The van der Waals surface area contributed by atoms with E-state index >= 15 is 0 Å². The summed E-state index contributed by atoms with van der Waals surface area (Å²) in [6.45, 7) is 3.34. The molecule has 0 atom stereocenters. The van der Waals surface area contributed by atoms with E-state index in [0.717, 1.165) is 11.4 Å². The molecule has 0 unspecified atom stereocenters. The van der Waals surface area contributed by atoms with Gasteiger partial charge in [-0.15, -0.1) is 0 Å². The van der Waals surface area contributed by atoms with E-state index in [1.807, 2.05) is 54.6 Å². The predicted octanol–water partition coefficient (Wildman–Crippen LogP) is 2.69.